The van der Waals surface area contributed by atoms with Crippen molar-refractivity contribution >= 4 is 18.6 Å². The fraction of sp³-hybridized carbons (Fsp3) is 0.235. The van der Waals surface area contributed by atoms with Crippen LogP contribution < -0.4 is 15.9 Å². The zero-order valence-corrected chi connectivity index (χ0v) is 12.9. The van der Waals surface area contributed by atoms with Gasteiger partial charge in [0.15, 0.2) is 7.28 Å². The topological polar surface area (TPSA) is 52.3 Å². The Bertz CT molecular complexity index is 688. The van der Waals surface area contributed by atoms with Crippen LogP contribution in [0.1, 0.15) is 21.5 Å². The molecule has 3 nitrogen and oxygen atoms in total. The number of halogens is 1. The number of ether oxygens (including phenoxy) is 1. The lowest BCUT2D eigenvalue weighted by molar-refractivity contribution is 0.0999. The number of methoxy groups -OCH3 is 1. The standard InChI is InChI=1S/C17H19BFNO2/c1-18-12-7-9-16(22-2)11(10-12)6-8-13-14(17(20)21)4-3-5-15(13)19/h3-5,7,9-10,18H,6,8H2,1-2H3,(H2,20,21). The number of amides is 1. The average Bonchev–Trinajstić information content (AvgIpc) is 2.53. The normalized spacial score (nSPS) is 10.3. The number of benzene rings is 2. The van der Waals surface area contributed by atoms with Gasteiger partial charge >= 0.3 is 0 Å². The van der Waals surface area contributed by atoms with Gasteiger partial charge in [0, 0.05) is 11.1 Å². The summed E-state index contributed by atoms with van der Waals surface area (Å²) in [5.41, 5.74) is 8.12. The van der Waals surface area contributed by atoms with Gasteiger partial charge in [0.25, 0.3) is 0 Å². The van der Waals surface area contributed by atoms with Crippen LogP contribution in [0.2, 0.25) is 6.82 Å². The molecule has 0 spiro atoms. The smallest absolute Gasteiger partial charge is 0.249 e. The lowest BCUT2D eigenvalue weighted by Crippen LogP contribution is -2.16. The van der Waals surface area contributed by atoms with E-state index < -0.39 is 11.7 Å². The Morgan fingerprint density at radius 1 is 1.27 bits per heavy atom. The summed E-state index contributed by atoms with van der Waals surface area (Å²) < 4.78 is 19.4. The molecule has 2 aromatic rings. The first kappa shape index (κ1) is 16.1. The molecule has 0 aliphatic carbocycles. The van der Waals surface area contributed by atoms with Crippen LogP contribution in [0.5, 0.6) is 5.75 Å². The van der Waals surface area contributed by atoms with Crippen molar-refractivity contribution in [1.82, 2.24) is 0 Å². The molecule has 0 saturated heterocycles. The van der Waals surface area contributed by atoms with Crippen LogP contribution in [-0.2, 0) is 12.8 Å². The van der Waals surface area contributed by atoms with Crippen molar-refractivity contribution in [1.29, 1.82) is 0 Å². The number of aryl methyl sites for hydroxylation is 1. The maximum Gasteiger partial charge on any atom is 0.249 e. The molecule has 0 radical (unpaired) electrons. The molecule has 0 unspecified atom stereocenters. The number of carbonyl (C=O) groups excluding carboxylic acids is 1. The summed E-state index contributed by atoms with van der Waals surface area (Å²) in [6, 6.07) is 10.4. The molecule has 0 aliphatic heterocycles. The minimum Gasteiger partial charge on any atom is -0.496 e. The summed E-state index contributed by atoms with van der Waals surface area (Å²) in [7, 11) is 2.53. The largest absolute Gasteiger partial charge is 0.496 e. The Balaban J connectivity index is 2.29. The molecule has 2 aromatic carbocycles. The number of rotatable bonds is 6. The minimum atomic E-state index is -0.608. The van der Waals surface area contributed by atoms with Crippen molar-refractivity contribution in [3.8, 4) is 5.75 Å². The first-order valence-electron chi connectivity index (χ1n) is 7.29. The Kier molecular flexibility index (Phi) is 5.20. The number of hydrogen-bond donors (Lipinski definition) is 1. The van der Waals surface area contributed by atoms with Gasteiger partial charge in [0.2, 0.25) is 5.91 Å². The van der Waals surface area contributed by atoms with Crippen LogP contribution in [0.25, 0.3) is 0 Å². The van der Waals surface area contributed by atoms with E-state index in [2.05, 4.69) is 12.9 Å². The summed E-state index contributed by atoms with van der Waals surface area (Å²) >= 11 is 0. The van der Waals surface area contributed by atoms with Gasteiger partial charge in [0.05, 0.1) is 7.11 Å². The highest BCUT2D eigenvalue weighted by molar-refractivity contribution is 6.51. The summed E-state index contributed by atoms with van der Waals surface area (Å²) in [6.45, 7) is 2.08. The van der Waals surface area contributed by atoms with Gasteiger partial charge in [-0.2, -0.15) is 0 Å². The van der Waals surface area contributed by atoms with Gasteiger partial charge in [-0.05, 0) is 36.6 Å². The van der Waals surface area contributed by atoms with Gasteiger partial charge in [-0.3, -0.25) is 4.79 Å². The lowest BCUT2D eigenvalue weighted by Gasteiger charge is -2.12. The van der Waals surface area contributed by atoms with E-state index >= 15 is 0 Å². The molecular formula is C17H19BFNO2. The molecule has 0 atom stereocenters. The molecule has 5 heteroatoms. The van der Waals surface area contributed by atoms with E-state index in [-0.39, 0.29) is 5.56 Å². The van der Waals surface area contributed by atoms with Crippen molar-refractivity contribution in [2.75, 3.05) is 7.11 Å². The first-order valence-corrected chi connectivity index (χ1v) is 7.29. The molecule has 0 bridgehead atoms. The Labute approximate surface area is 130 Å². The van der Waals surface area contributed by atoms with Crippen molar-refractivity contribution in [3.05, 3.63) is 58.9 Å². The Morgan fingerprint density at radius 2 is 2.05 bits per heavy atom. The monoisotopic (exact) mass is 299 g/mol. The second kappa shape index (κ2) is 7.12. The van der Waals surface area contributed by atoms with E-state index in [1.165, 1.54) is 17.6 Å². The fourth-order valence-corrected chi connectivity index (χ4v) is 2.55. The third-order valence-electron chi connectivity index (χ3n) is 3.78. The van der Waals surface area contributed by atoms with Crippen molar-refractivity contribution in [2.24, 2.45) is 5.73 Å². The van der Waals surface area contributed by atoms with E-state index in [1.807, 2.05) is 12.1 Å². The van der Waals surface area contributed by atoms with Crippen molar-refractivity contribution in [2.45, 2.75) is 19.7 Å². The van der Waals surface area contributed by atoms with Crippen LogP contribution in [0, 0.1) is 5.82 Å². The maximum atomic E-state index is 14.0. The second-order valence-electron chi connectivity index (χ2n) is 5.13. The Hall–Kier alpha value is -2.30. The molecule has 0 saturated carbocycles. The maximum absolute atomic E-state index is 14.0. The molecule has 1 amide bonds. The van der Waals surface area contributed by atoms with Crippen molar-refractivity contribution < 1.29 is 13.9 Å². The average molecular weight is 299 g/mol. The first-order chi connectivity index (χ1) is 10.6. The summed E-state index contributed by atoms with van der Waals surface area (Å²) in [6.07, 6.45) is 0.979. The molecule has 2 N–H and O–H groups in total. The number of carbonyl (C=O) groups is 1. The summed E-state index contributed by atoms with van der Waals surface area (Å²) in [4.78, 5) is 11.4. The number of primary amides is 1. The van der Waals surface area contributed by atoms with Crippen LogP contribution in [-0.4, -0.2) is 20.3 Å². The molecule has 0 aromatic heterocycles. The van der Waals surface area contributed by atoms with Crippen LogP contribution >= 0.6 is 0 Å². The summed E-state index contributed by atoms with van der Waals surface area (Å²) in [5.74, 6) is -0.236. The fourth-order valence-electron chi connectivity index (χ4n) is 2.55. The zero-order valence-electron chi connectivity index (χ0n) is 12.9. The van der Waals surface area contributed by atoms with E-state index in [0.717, 1.165) is 18.6 Å². The molecule has 0 fully saturated rings. The van der Waals surface area contributed by atoms with Crippen molar-refractivity contribution in [3.63, 3.8) is 0 Å². The molecule has 0 aliphatic rings. The highest BCUT2D eigenvalue weighted by Crippen LogP contribution is 2.21. The molecule has 0 heterocycles. The molecule has 22 heavy (non-hydrogen) atoms. The van der Waals surface area contributed by atoms with E-state index in [1.54, 1.807) is 13.2 Å². The SMILES string of the molecule is CBc1ccc(OC)c(CCc2c(F)cccc2C(N)=O)c1. The van der Waals surface area contributed by atoms with E-state index in [0.29, 0.717) is 18.4 Å². The van der Waals surface area contributed by atoms with Gasteiger partial charge in [-0.1, -0.05) is 30.5 Å². The van der Waals surface area contributed by atoms with Crippen LogP contribution in [0.4, 0.5) is 4.39 Å². The molecule has 2 rings (SSSR count). The van der Waals surface area contributed by atoms with Gasteiger partial charge in [0.1, 0.15) is 11.6 Å². The third kappa shape index (κ3) is 3.48. The van der Waals surface area contributed by atoms with Gasteiger partial charge < -0.3 is 10.5 Å². The van der Waals surface area contributed by atoms with E-state index in [4.69, 9.17) is 10.5 Å². The predicted octanol–water partition coefficient (Wildman–Crippen LogP) is 1.83. The van der Waals surface area contributed by atoms with Crippen LogP contribution in [0.15, 0.2) is 36.4 Å². The zero-order chi connectivity index (χ0) is 16.1. The molecule has 114 valence electrons. The Morgan fingerprint density at radius 3 is 2.68 bits per heavy atom. The lowest BCUT2D eigenvalue weighted by atomic mass is 9.72. The van der Waals surface area contributed by atoms with Crippen LogP contribution in [0.3, 0.4) is 0 Å². The minimum absolute atomic E-state index is 0.241. The summed E-state index contributed by atoms with van der Waals surface area (Å²) in [5, 5.41) is 0. The predicted molar refractivity (Wildman–Crippen MR) is 88.0 cm³/mol. The van der Waals surface area contributed by atoms with Gasteiger partial charge in [-0.25, -0.2) is 4.39 Å². The number of nitrogens with two attached hydrogens (primary N) is 1. The second-order valence-corrected chi connectivity index (χ2v) is 5.13. The number of hydrogen-bond acceptors (Lipinski definition) is 2. The van der Waals surface area contributed by atoms with E-state index in [9.17, 15) is 9.18 Å². The molecular weight excluding hydrogens is 280 g/mol. The highest BCUT2D eigenvalue weighted by atomic mass is 19.1. The highest BCUT2D eigenvalue weighted by Gasteiger charge is 2.14. The van der Waals surface area contributed by atoms with Gasteiger partial charge in [-0.15, -0.1) is 0 Å². The quantitative estimate of drug-likeness (QED) is 0.827. The third-order valence-corrected chi connectivity index (χ3v) is 3.78.